The van der Waals surface area contributed by atoms with Gasteiger partial charge >= 0.3 is 0 Å². The Morgan fingerprint density at radius 3 is 2.50 bits per heavy atom. The lowest BCUT2D eigenvalue weighted by Crippen LogP contribution is -2.57. The maximum absolute atomic E-state index is 12.8. The Bertz CT molecular complexity index is 463. The molecule has 0 N–H and O–H groups in total. The Morgan fingerprint density at radius 2 is 2.00 bits per heavy atom. The van der Waals surface area contributed by atoms with E-state index in [1.807, 2.05) is 20.8 Å². The first-order valence-corrected chi connectivity index (χ1v) is 8.83. The number of sulfonamides is 1. The zero-order valence-electron chi connectivity index (χ0n) is 12.4. The van der Waals surface area contributed by atoms with Gasteiger partial charge < -0.3 is 9.64 Å². The van der Waals surface area contributed by atoms with Crippen LogP contribution in [0.15, 0.2) is 0 Å². The van der Waals surface area contributed by atoms with E-state index in [-0.39, 0.29) is 23.6 Å². The van der Waals surface area contributed by atoms with Crippen LogP contribution in [0.1, 0.15) is 27.2 Å². The fourth-order valence-electron chi connectivity index (χ4n) is 2.94. The molecule has 2 heterocycles. The van der Waals surface area contributed by atoms with Crippen molar-refractivity contribution >= 4 is 15.9 Å². The van der Waals surface area contributed by atoms with Crippen molar-refractivity contribution in [2.24, 2.45) is 5.92 Å². The number of amides is 1. The van der Waals surface area contributed by atoms with Crippen molar-refractivity contribution in [3.8, 4) is 0 Å². The highest BCUT2D eigenvalue weighted by atomic mass is 32.2. The predicted molar refractivity (Wildman–Crippen MR) is 75.7 cm³/mol. The van der Waals surface area contributed by atoms with Gasteiger partial charge in [-0.25, -0.2) is 8.42 Å². The first-order chi connectivity index (χ1) is 9.34. The molecule has 0 saturated carbocycles. The van der Waals surface area contributed by atoms with E-state index in [9.17, 15) is 13.2 Å². The van der Waals surface area contributed by atoms with Gasteiger partial charge in [0.25, 0.3) is 0 Å². The minimum Gasteiger partial charge on any atom is -0.377 e. The molecule has 0 aliphatic carbocycles. The quantitative estimate of drug-likeness (QED) is 0.752. The third kappa shape index (κ3) is 2.99. The molecule has 6 nitrogen and oxygen atoms in total. The second-order valence-corrected chi connectivity index (χ2v) is 7.97. The molecule has 0 aromatic heterocycles. The zero-order valence-corrected chi connectivity index (χ0v) is 13.2. The SMILES string of the molecule is CC(C)C(C(=O)N1CCOC[C@H]1C)N1CCCS1(=O)=O. The summed E-state index contributed by atoms with van der Waals surface area (Å²) in [6.45, 7) is 7.78. The van der Waals surface area contributed by atoms with Crippen LogP contribution in [0.3, 0.4) is 0 Å². The van der Waals surface area contributed by atoms with Crippen LogP contribution in [0, 0.1) is 5.92 Å². The second kappa shape index (κ2) is 5.99. The van der Waals surface area contributed by atoms with E-state index in [1.54, 1.807) is 4.90 Å². The summed E-state index contributed by atoms with van der Waals surface area (Å²) in [5, 5.41) is 0. The lowest BCUT2D eigenvalue weighted by atomic mass is 10.0. The number of ether oxygens (including phenoxy) is 1. The highest BCUT2D eigenvalue weighted by Gasteiger charge is 2.42. The van der Waals surface area contributed by atoms with Crippen LogP contribution in [0.5, 0.6) is 0 Å². The van der Waals surface area contributed by atoms with Crippen molar-refractivity contribution in [3.05, 3.63) is 0 Å². The molecule has 116 valence electrons. The first kappa shape index (κ1) is 15.7. The Hall–Kier alpha value is -0.660. The third-order valence-corrected chi connectivity index (χ3v) is 5.91. The van der Waals surface area contributed by atoms with Crippen molar-refractivity contribution in [2.75, 3.05) is 32.1 Å². The average molecular weight is 304 g/mol. The zero-order chi connectivity index (χ0) is 14.9. The van der Waals surface area contributed by atoms with Gasteiger partial charge in [0.2, 0.25) is 15.9 Å². The van der Waals surface area contributed by atoms with Crippen LogP contribution in [0.4, 0.5) is 0 Å². The molecular weight excluding hydrogens is 280 g/mol. The molecule has 2 atom stereocenters. The van der Waals surface area contributed by atoms with Gasteiger partial charge in [-0.3, -0.25) is 4.79 Å². The summed E-state index contributed by atoms with van der Waals surface area (Å²) in [7, 11) is -3.28. The van der Waals surface area contributed by atoms with Gasteiger partial charge in [0.15, 0.2) is 0 Å². The van der Waals surface area contributed by atoms with E-state index < -0.39 is 16.1 Å². The first-order valence-electron chi connectivity index (χ1n) is 7.22. The van der Waals surface area contributed by atoms with Crippen molar-refractivity contribution in [1.29, 1.82) is 0 Å². The number of hydrogen-bond acceptors (Lipinski definition) is 4. The molecule has 2 saturated heterocycles. The molecule has 0 radical (unpaired) electrons. The Balaban J connectivity index is 2.22. The fourth-order valence-corrected chi connectivity index (χ4v) is 4.75. The summed E-state index contributed by atoms with van der Waals surface area (Å²) in [6, 6.07) is -0.578. The maximum Gasteiger partial charge on any atom is 0.241 e. The van der Waals surface area contributed by atoms with Crippen LogP contribution in [0.25, 0.3) is 0 Å². The Kier molecular flexibility index (Phi) is 4.71. The molecule has 0 spiro atoms. The van der Waals surface area contributed by atoms with E-state index >= 15 is 0 Å². The fraction of sp³-hybridized carbons (Fsp3) is 0.923. The van der Waals surface area contributed by atoms with E-state index in [2.05, 4.69) is 0 Å². The second-order valence-electron chi connectivity index (χ2n) is 5.92. The number of nitrogens with zero attached hydrogens (tertiary/aromatic N) is 2. The molecule has 2 rings (SSSR count). The molecule has 0 bridgehead atoms. The van der Waals surface area contributed by atoms with Crippen LogP contribution in [-0.4, -0.2) is 67.7 Å². The highest BCUT2D eigenvalue weighted by Crippen LogP contribution is 2.24. The molecular formula is C13H24N2O4S. The number of carbonyl (C=O) groups excluding carboxylic acids is 1. The van der Waals surface area contributed by atoms with E-state index in [4.69, 9.17) is 4.74 Å². The highest BCUT2D eigenvalue weighted by molar-refractivity contribution is 7.89. The van der Waals surface area contributed by atoms with Crippen LogP contribution < -0.4 is 0 Å². The smallest absolute Gasteiger partial charge is 0.241 e. The lowest BCUT2D eigenvalue weighted by molar-refractivity contribution is -0.144. The van der Waals surface area contributed by atoms with Crippen molar-refractivity contribution < 1.29 is 17.9 Å². The lowest BCUT2D eigenvalue weighted by Gasteiger charge is -2.39. The van der Waals surface area contributed by atoms with Crippen molar-refractivity contribution in [1.82, 2.24) is 9.21 Å². The normalized spacial score (nSPS) is 28.8. The summed E-state index contributed by atoms with van der Waals surface area (Å²) in [5.74, 6) is 0.0361. The Morgan fingerprint density at radius 1 is 1.30 bits per heavy atom. The van der Waals surface area contributed by atoms with E-state index in [0.29, 0.717) is 32.7 Å². The van der Waals surface area contributed by atoms with Gasteiger partial charge in [-0.2, -0.15) is 4.31 Å². The van der Waals surface area contributed by atoms with Gasteiger partial charge in [-0.15, -0.1) is 0 Å². The van der Waals surface area contributed by atoms with Gasteiger partial charge in [-0.1, -0.05) is 13.8 Å². The minimum atomic E-state index is -3.28. The third-order valence-electron chi connectivity index (χ3n) is 3.98. The van der Waals surface area contributed by atoms with Gasteiger partial charge in [0.1, 0.15) is 6.04 Å². The van der Waals surface area contributed by atoms with E-state index in [1.165, 1.54) is 4.31 Å². The topological polar surface area (TPSA) is 66.9 Å². The molecule has 1 amide bonds. The minimum absolute atomic E-state index is 0.00260. The van der Waals surface area contributed by atoms with E-state index in [0.717, 1.165) is 0 Å². The standard InChI is InChI=1S/C13H24N2O4S/c1-10(2)12(15-5-4-8-20(15,17)18)13(16)14-6-7-19-9-11(14)3/h10-12H,4-9H2,1-3H3/t11-,12?/m1/s1. The molecule has 2 fully saturated rings. The maximum atomic E-state index is 12.8. The Labute approximate surface area is 121 Å². The van der Waals surface area contributed by atoms with Gasteiger partial charge in [0.05, 0.1) is 25.0 Å². The average Bonchev–Trinajstić information content (AvgIpc) is 2.69. The summed E-state index contributed by atoms with van der Waals surface area (Å²) >= 11 is 0. The summed E-state index contributed by atoms with van der Waals surface area (Å²) in [5.41, 5.74) is 0. The molecule has 0 aromatic rings. The summed E-state index contributed by atoms with van der Waals surface area (Å²) in [4.78, 5) is 14.6. The van der Waals surface area contributed by atoms with Gasteiger partial charge in [-0.05, 0) is 19.3 Å². The monoisotopic (exact) mass is 304 g/mol. The number of morpholine rings is 1. The molecule has 20 heavy (non-hydrogen) atoms. The predicted octanol–water partition coefficient (Wildman–Crippen LogP) is 0.294. The summed E-state index contributed by atoms with van der Waals surface area (Å²) in [6.07, 6.45) is 0.609. The van der Waals surface area contributed by atoms with Crippen LogP contribution in [0.2, 0.25) is 0 Å². The molecule has 1 unspecified atom stereocenters. The summed E-state index contributed by atoms with van der Waals surface area (Å²) < 4.78 is 31.0. The van der Waals surface area contributed by atoms with Crippen LogP contribution >= 0.6 is 0 Å². The molecule has 2 aliphatic rings. The van der Waals surface area contributed by atoms with Crippen LogP contribution in [-0.2, 0) is 19.6 Å². The molecule has 0 aromatic carbocycles. The number of carbonyl (C=O) groups is 1. The number of hydrogen-bond donors (Lipinski definition) is 0. The number of rotatable bonds is 3. The van der Waals surface area contributed by atoms with Gasteiger partial charge in [0, 0.05) is 13.1 Å². The van der Waals surface area contributed by atoms with Crippen molar-refractivity contribution in [2.45, 2.75) is 39.3 Å². The van der Waals surface area contributed by atoms with Crippen molar-refractivity contribution in [3.63, 3.8) is 0 Å². The largest absolute Gasteiger partial charge is 0.377 e. The molecule has 7 heteroatoms. The molecule has 2 aliphatic heterocycles.